The van der Waals surface area contributed by atoms with Gasteiger partial charge in [0.25, 0.3) is 0 Å². The van der Waals surface area contributed by atoms with E-state index in [4.69, 9.17) is 4.74 Å². The van der Waals surface area contributed by atoms with Crippen molar-refractivity contribution >= 4 is 5.97 Å². The van der Waals surface area contributed by atoms with Gasteiger partial charge in [-0.2, -0.15) is 0 Å². The standard InChI is InChI=1S/C17H28O3/c1-6-20-15(18)12-17(5,19)11-9-14-13(2)8-7-10-16(14,3)4/h9,11,19H,6-8,10,12H2,1-5H3/b11-9+/t17-/m1/s1. The highest BCUT2D eigenvalue weighted by atomic mass is 16.5. The van der Waals surface area contributed by atoms with Gasteiger partial charge < -0.3 is 9.84 Å². The molecule has 1 atom stereocenters. The number of carbonyl (C=O) groups is 1. The minimum absolute atomic E-state index is 0.00983. The van der Waals surface area contributed by atoms with E-state index in [-0.39, 0.29) is 17.8 Å². The molecule has 114 valence electrons. The smallest absolute Gasteiger partial charge is 0.309 e. The number of ether oxygens (including phenoxy) is 1. The molecule has 1 N–H and O–H groups in total. The van der Waals surface area contributed by atoms with Gasteiger partial charge in [-0.3, -0.25) is 4.79 Å². The number of aliphatic hydroxyl groups is 1. The number of carbonyl (C=O) groups excluding carboxylic acids is 1. The number of hydrogen-bond donors (Lipinski definition) is 1. The van der Waals surface area contributed by atoms with Crippen LogP contribution in [0.25, 0.3) is 0 Å². The molecule has 20 heavy (non-hydrogen) atoms. The highest BCUT2D eigenvalue weighted by Crippen LogP contribution is 2.41. The molecule has 0 amide bonds. The average molecular weight is 280 g/mol. The molecule has 0 unspecified atom stereocenters. The zero-order valence-electron chi connectivity index (χ0n) is 13.5. The van der Waals surface area contributed by atoms with Crippen LogP contribution in [0.15, 0.2) is 23.3 Å². The van der Waals surface area contributed by atoms with Gasteiger partial charge in [-0.05, 0) is 51.0 Å². The van der Waals surface area contributed by atoms with Gasteiger partial charge in [0.1, 0.15) is 0 Å². The van der Waals surface area contributed by atoms with Crippen LogP contribution >= 0.6 is 0 Å². The molecule has 0 saturated carbocycles. The summed E-state index contributed by atoms with van der Waals surface area (Å²) in [4.78, 5) is 11.5. The van der Waals surface area contributed by atoms with Crippen LogP contribution in [0.3, 0.4) is 0 Å². The van der Waals surface area contributed by atoms with E-state index in [9.17, 15) is 9.90 Å². The van der Waals surface area contributed by atoms with E-state index in [1.807, 2.05) is 6.08 Å². The molecule has 0 heterocycles. The Balaban J connectivity index is 2.82. The van der Waals surface area contributed by atoms with Crippen molar-refractivity contribution in [3.05, 3.63) is 23.3 Å². The largest absolute Gasteiger partial charge is 0.466 e. The van der Waals surface area contributed by atoms with Crippen molar-refractivity contribution in [2.45, 2.75) is 65.9 Å². The zero-order chi connectivity index (χ0) is 15.4. The summed E-state index contributed by atoms with van der Waals surface area (Å²) in [6.07, 6.45) is 7.20. The molecule has 0 radical (unpaired) electrons. The van der Waals surface area contributed by atoms with E-state index in [0.717, 1.165) is 12.8 Å². The lowest BCUT2D eigenvalue weighted by molar-refractivity contribution is -0.146. The Hall–Kier alpha value is -1.09. The summed E-state index contributed by atoms with van der Waals surface area (Å²) < 4.78 is 4.89. The van der Waals surface area contributed by atoms with E-state index in [1.54, 1.807) is 19.9 Å². The van der Waals surface area contributed by atoms with Crippen LogP contribution in [0.1, 0.15) is 60.3 Å². The van der Waals surface area contributed by atoms with E-state index >= 15 is 0 Å². The Bertz CT molecular complexity index is 414. The van der Waals surface area contributed by atoms with Crippen LogP contribution in [0, 0.1) is 5.41 Å². The minimum atomic E-state index is -1.16. The molecule has 0 fully saturated rings. The molecule has 0 aromatic rings. The van der Waals surface area contributed by atoms with Gasteiger partial charge in [-0.15, -0.1) is 0 Å². The van der Waals surface area contributed by atoms with Crippen LogP contribution in [0.2, 0.25) is 0 Å². The second kappa shape index (κ2) is 6.57. The number of hydrogen-bond acceptors (Lipinski definition) is 3. The number of rotatable bonds is 5. The third kappa shape index (κ3) is 4.78. The van der Waals surface area contributed by atoms with Crippen LogP contribution in [0.4, 0.5) is 0 Å². The molecule has 0 aromatic heterocycles. The first-order valence-electron chi connectivity index (χ1n) is 7.45. The summed E-state index contributed by atoms with van der Waals surface area (Å²) in [7, 11) is 0. The lowest BCUT2D eigenvalue weighted by Gasteiger charge is -2.33. The van der Waals surface area contributed by atoms with Crippen molar-refractivity contribution < 1.29 is 14.6 Å². The fourth-order valence-corrected chi connectivity index (χ4v) is 2.84. The van der Waals surface area contributed by atoms with Gasteiger partial charge >= 0.3 is 5.97 Å². The molecule has 0 bridgehead atoms. The van der Waals surface area contributed by atoms with E-state index in [2.05, 4.69) is 20.8 Å². The molecule has 3 nitrogen and oxygen atoms in total. The summed E-state index contributed by atoms with van der Waals surface area (Å²) in [6.45, 7) is 10.4. The Kier molecular flexibility index (Phi) is 5.58. The zero-order valence-corrected chi connectivity index (χ0v) is 13.5. The topological polar surface area (TPSA) is 46.5 Å². The van der Waals surface area contributed by atoms with Crippen molar-refractivity contribution in [1.29, 1.82) is 0 Å². The van der Waals surface area contributed by atoms with Gasteiger partial charge in [-0.1, -0.05) is 31.6 Å². The monoisotopic (exact) mass is 280 g/mol. The normalized spacial score (nSPS) is 21.9. The third-order valence-corrected chi connectivity index (χ3v) is 3.96. The van der Waals surface area contributed by atoms with Gasteiger partial charge in [-0.25, -0.2) is 0 Å². The first-order chi connectivity index (χ1) is 9.18. The first-order valence-corrected chi connectivity index (χ1v) is 7.45. The van der Waals surface area contributed by atoms with Gasteiger partial charge in [0.15, 0.2) is 0 Å². The summed E-state index contributed by atoms with van der Waals surface area (Å²) in [5, 5.41) is 10.3. The SMILES string of the molecule is CCOC(=O)C[C@](C)(O)/C=C/C1=C(C)CCCC1(C)C. The maximum atomic E-state index is 11.5. The van der Waals surface area contributed by atoms with E-state index < -0.39 is 5.60 Å². The summed E-state index contributed by atoms with van der Waals surface area (Å²) in [5.74, 6) is -0.365. The Labute approximate surface area is 122 Å². The second-order valence-corrected chi connectivity index (χ2v) is 6.60. The lowest BCUT2D eigenvalue weighted by Crippen LogP contribution is -2.27. The highest BCUT2D eigenvalue weighted by molar-refractivity contribution is 5.71. The van der Waals surface area contributed by atoms with Gasteiger partial charge in [0.05, 0.1) is 18.6 Å². The Morgan fingerprint density at radius 1 is 1.50 bits per heavy atom. The molecule has 3 heteroatoms. The fourth-order valence-electron chi connectivity index (χ4n) is 2.84. The van der Waals surface area contributed by atoms with E-state index in [1.165, 1.54) is 17.6 Å². The first kappa shape index (κ1) is 17.0. The molecule has 0 saturated heterocycles. The minimum Gasteiger partial charge on any atom is -0.466 e. The van der Waals surface area contributed by atoms with Gasteiger partial charge in [0, 0.05) is 0 Å². The van der Waals surface area contributed by atoms with E-state index in [0.29, 0.717) is 6.61 Å². The molecular weight excluding hydrogens is 252 g/mol. The van der Waals surface area contributed by atoms with Crippen molar-refractivity contribution in [3.63, 3.8) is 0 Å². The maximum absolute atomic E-state index is 11.5. The summed E-state index contributed by atoms with van der Waals surface area (Å²) in [5.41, 5.74) is 1.64. The van der Waals surface area contributed by atoms with Crippen LogP contribution in [0.5, 0.6) is 0 Å². The third-order valence-electron chi connectivity index (χ3n) is 3.96. The number of esters is 1. The van der Waals surface area contributed by atoms with Crippen molar-refractivity contribution in [1.82, 2.24) is 0 Å². The molecule has 0 aliphatic heterocycles. The predicted octanol–water partition coefficient (Wildman–Crippen LogP) is 3.77. The van der Waals surface area contributed by atoms with Crippen molar-refractivity contribution in [3.8, 4) is 0 Å². The van der Waals surface area contributed by atoms with Crippen molar-refractivity contribution in [2.75, 3.05) is 6.61 Å². The molecule has 0 aromatic carbocycles. The van der Waals surface area contributed by atoms with Crippen LogP contribution in [-0.4, -0.2) is 23.3 Å². The number of allylic oxidation sites excluding steroid dienone is 3. The van der Waals surface area contributed by atoms with Gasteiger partial charge in [0.2, 0.25) is 0 Å². The summed E-state index contributed by atoms with van der Waals surface area (Å²) >= 11 is 0. The molecule has 1 aliphatic carbocycles. The molecule has 1 rings (SSSR count). The molecule has 0 spiro atoms. The van der Waals surface area contributed by atoms with Crippen molar-refractivity contribution in [2.24, 2.45) is 5.41 Å². The maximum Gasteiger partial charge on any atom is 0.309 e. The molecule has 1 aliphatic rings. The Morgan fingerprint density at radius 3 is 2.70 bits per heavy atom. The van der Waals surface area contributed by atoms with Crippen LogP contribution < -0.4 is 0 Å². The average Bonchev–Trinajstić information content (AvgIpc) is 2.26. The highest BCUT2D eigenvalue weighted by Gasteiger charge is 2.28. The predicted molar refractivity (Wildman–Crippen MR) is 81.3 cm³/mol. The second-order valence-electron chi connectivity index (χ2n) is 6.60. The fraction of sp³-hybridized carbons (Fsp3) is 0.706. The molecular formula is C17H28O3. The quantitative estimate of drug-likeness (QED) is 0.780. The lowest BCUT2D eigenvalue weighted by atomic mass is 9.72. The Morgan fingerprint density at radius 2 is 2.15 bits per heavy atom. The summed E-state index contributed by atoms with van der Waals surface area (Å²) in [6, 6.07) is 0. The van der Waals surface area contributed by atoms with Crippen LogP contribution in [-0.2, 0) is 9.53 Å².